The van der Waals surface area contributed by atoms with Gasteiger partial charge in [0, 0.05) is 33.5 Å². The van der Waals surface area contributed by atoms with E-state index in [1.165, 1.54) is 0 Å². The Bertz CT molecular complexity index is 1350. The van der Waals surface area contributed by atoms with Crippen LogP contribution in [0.4, 0.5) is 0 Å². The van der Waals surface area contributed by atoms with Gasteiger partial charge in [-0.3, -0.25) is 4.79 Å². The molecule has 3 aromatic rings. The maximum absolute atomic E-state index is 14.9. The van der Waals surface area contributed by atoms with Gasteiger partial charge in [-0.05, 0) is 54.3 Å². The van der Waals surface area contributed by atoms with E-state index in [0.717, 1.165) is 11.1 Å². The maximum Gasteiger partial charge on any atom is 0.252 e. The molecule has 0 radical (unpaired) electrons. The molecule has 1 aliphatic heterocycles. The van der Waals surface area contributed by atoms with Crippen molar-refractivity contribution in [1.82, 2.24) is 5.01 Å². The van der Waals surface area contributed by atoms with Gasteiger partial charge in [0.25, 0.3) is 5.91 Å². The number of carbonyl (C=O) groups excluding carboxylic acids is 1. The van der Waals surface area contributed by atoms with Crippen molar-refractivity contribution in [3.05, 3.63) is 106 Å². The lowest BCUT2D eigenvalue weighted by molar-refractivity contribution is -0.165. The number of carbonyl (C=O) groups is 1. The predicted octanol–water partition coefficient (Wildman–Crippen LogP) is 7.96. The zero-order valence-electron chi connectivity index (χ0n) is 23.2. The first-order valence-corrected chi connectivity index (χ1v) is 14.0. The molecule has 3 aromatic carbocycles. The van der Waals surface area contributed by atoms with Crippen LogP contribution in [0.1, 0.15) is 70.1 Å². The van der Waals surface area contributed by atoms with Crippen molar-refractivity contribution in [2.75, 3.05) is 6.54 Å². The Labute approximate surface area is 241 Å². The predicted molar refractivity (Wildman–Crippen MR) is 160 cm³/mol. The van der Waals surface area contributed by atoms with Gasteiger partial charge in [-0.25, -0.2) is 0 Å². The number of nitrogens with zero attached hydrogens (tertiary/aromatic N) is 2. The molecule has 0 aliphatic carbocycles. The summed E-state index contributed by atoms with van der Waals surface area (Å²) < 4.78 is 6.72. The molecule has 0 fully saturated rings. The van der Waals surface area contributed by atoms with E-state index >= 15 is 0 Å². The molecular formula is C32H37Cl2N3O2. The van der Waals surface area contributed by atoms with Crippen LogP contribution in [0.3, 0.4) is 0 Å². The smallest absolute Gasteiger partial charge is 0.252 e. The summed E-state index contributed by atoms with van der Waals surface area (Å²) in [6.07, 6.45) is 1.11. The highest BCUT2D eigenvalue weighted by Crippen LogP contribution is 2.51. The number of ether oxygens (including phenoxy) is 1. The molecular weight excluding hydrogens is 529 g/mol. The molecule has 0 bridgehead atoms. The van der Waals surface area contributed by atoms with E-state index < -0.39 is 11.1 Å². The number of hydrogen-bond donors (Lipinski definition) is 1. The third-order valence-corrected chi connectivity index (χ3v) is 7.80. The summed E-state index contributed by atoms with van der Waals surface area (Å²) in [4.78, 5) is 14.9. The summed E-state index contributed by atoms with van der Waals surface area (Å²) in [5.74, 6) is 0.0162. The molecule has 0 spiro atoms. The Morgan fingerprint density at radius 2 is 1.59 bits per heavy atom. The molecule has 1 amide bonds. The molecule has 39 heavy (non-hydrogen) atoms. The first kappa shape index (κ1) is 29.1. The number of halogens is 2. The number of benzene rings is 3. The Balaban J connectivity index is 1.90. The van der Waals surface area contributed by atoms with Crippen LogP contribution >= 0.6 is 23.2 Å². The zero-order valence-corrected chi connectivity index (χ0v) is 24.8. The molecule has 5 nitrogen and oxygen atoms in total. The van der Waals surface area contributed by atoms with Gasteiger partial charge < -0.3 is 10.5 Å². The summed E-state index contributed by atoms with van der Waals surface area (Å²) in [6.45, 7) is 10.9. The maximum atomic E-state index is 14.9. The van der Waals surface area contributed by atoms with Gasteiger partial charge in [0.15, 0.2) is 0 Å². The van der Waals surface area contributed by atoms with Crippen LogP contribution in [0.25, 0.3) is 0 Å². The first-order valence-electron chi connectivity index (χ1n) is 13.3. The van der Waals surface area contributed by atoms with Gasteiger partial charge in [-0.2, -0.15) is 5.01 Å². The van der Waals surface area contributed by atoms with Crippen molar-refractivity contribution in [3.63, 3.8) is 0 Å². The molecule has 1 aliphatic rings. The second-order valence-corrected chi connectivity index (χ2v) is 12.6. The lowest BCUT2D eigenvalue weighted by Crippen LogP contribution is -2.52. The van der Waals surface area contributed by atoms with E-state index in [9.17, 15) is 4.79 Å². The topological polar surface area (TPSA) is 67.9 Å². The quantitative estimate of drug-likeness (QED) is 0.301. The molecule has 4 rings (SSSR count). The Kier molecular flexibility index (Phi) is 8.46. The van der Waals surface area contributed by atoms with Gasteiger partial charge in [-0.1, -0.05) is 106 Å². The number of nitrogens with two attached hydrogens (primary N) is 1. The molecule has 7 heteroatoms. The van der Waals surface area contributed by atoms with E-state index in [1.54, 1.807) is 17.1 Å². The highest BCUT2D eigenvalue weighted by molar-refractivity contribution is 6.31. The monoisotopic (exact) mass is 565 g/mol. The van der Waals surface area contributed by atoms with E-state index in [1.807, 2.05) is 80.6 Å². The first-order chi connectivity index (χ1) is 18.4. The average Bonchev–Trinajstić information content (AvgIpc) is 3.27. The van der Waals surface area contributed by atoms with Crippen molar-refractivity contribution < 1.29 is 9.53 Å². The number of hydrazone groups is 1. The molecule has 2 atom stereocenters. The minimum absolute atomic E-state index is 0.152. The van der Waals surface area contributed by atoms with Crippen LogP contribution < -0.4 is 5.73 Å². The van der Waals surface area contributed by atoms with Gasteiger partial charge in [0.05, 0.1) is 5.41 Å². The minimum atomic E-state index is -1.16. The molecule has 2 unspecified atom stereocenters. The highest BCUT2D eigenvalue weighted by atomic mass is 35.5. The normalized spacial score (nSPS) is 18.5. The average molecular weight is 567 g/mol. The highest BCUT2D eigenvalue weighted by Gasteiger charge is 2.55. The summed E-state index contributed by atoms with van der Waals surface area (Å²) in [6, 6.07) is 24.9. The molecule has 0 aromatic heterocycles. The van der Waals surface area contributed by atoms with Crippen molar-refractivity contribution in [2.45, 2.75) is 59.1 Å². The van der Waals surface area contributed by atoms with Crippen LogP contribution in [-0.4, -0.2) is 23.4 Å². The van der Waals surface area contributed by atoms with E-state index in [2.05, 4.69) is 20.8 Å². The van der Waals surface area contributed by atoms with Crippen LogP contribution in [0, 0.1) is 10.8 Å². The lowest BCUT2D eigenvalue weighted by Gasteiger charge is -2.45. The Morgan fingerprint density at radius 1 is 0.949 bits per heavy atom. The van der Waals surface area contributed by atoms with Crippen LogP contribution in [0.5, 0.6) is 0 Å². The van der Waals surface area contributed by atoms with Crippen molar-refractivity contribution in [1.29, 1.82) is 0 Å². The van der Waals surface area contributed by atoms with Crippen LogP contribution in [-0.2, 0) is 15.3 Å². The SMILES string of the molecule is CC(C)(C)C(c1cccc(Cl)c1)C(C)(C)C(=O)N1N=C(c2cccc(Cl)c2)OC1(CCCN)c1ccccc1. The number of hydrogen-bond acceptors (Lipinski definition) is 4. The minimum Gasteiger partial charge on any atom is -0.443 e. The second-order valence-electron chi connectivity index (χ2n) is 11.8. The van der Waals surface area contributed by atoms with E-state index in [4.69, 9.17) is 38.8 Å². The fourth-order valence-corrected chi connectivity index (χ4v) is 6.34. The van der Waals surface area contributed by atoms with Gasteiger partial charge in [0.1, 0.15) is 0 Å². The van der Waals surface area contributed by atoms with E-state index in [0.29, 0.717) is 40.9 Å². The third-order valence-electron chi connectivity index (χ3n) is 7.33. The Morgan fingerprint density at radius 3 is 2.18 bits per heavy atom. The molecule has 1 heterocycles. The summed E-state index contributed by atoms with van der Waals surface area (Å²) in [5, 5.41) is 7.63. The van der Waals surface area contributed by atoms with Crippen LogP contribution in [0.15, 0.2) is 84.0 Å². The van der Waals surface area contributed by atoms with Gasteiger partial charge in [0.2, 0.25) is 11.6 Å². The molecule has 0 saturated carbocycles. The lowest BCUT2D eigenvalue weighted by atomic mass is 9.62. The van der Waals surface area contributed by atoms with Crippen molar-refractivity contribution >= 4 is 35.0 Å². The number of amides is 1. The molecule has 2 N–H and O–H groups in total. The zero-order chi connectivity index (χ0) is 28.4. The summed E-state index contributed by atoms with van der Waals surface area (Å²) in [5.41, 5.74) is 6.20. The fourth-order valence-electron chi connectivity index (χ4n) is 5.95. The fraction of sp³-hybridized carbons (Fsp3) is 0.375. The van der Waals surface area contributed by atoms with Crippen molar-refractivity contribution in [2.24, 2.45) is 21.7 Å². The van der Waals surface area contributed by atoms with Crippen molar-refractivity contribution in [3.8, 4) is 0 Å². The molecule has 206 valence electrons. The Hall–Kier alpha value is -2.86. The van der Waals surface area contributed by atoms with Gasteiger partial charge in [-0.15, -0.1) is 5.10 Å². The third kappa shape index (κ3) is 5.86. The summed E-state index contributed by atoms with van der Waals surface area (Å²) >= 11 is 12.7. The summed E-state index contributed by atoms with van der Waals surface area (Å²) in [7, 11) is 0. The standard InChI is InChI=1S/C32H37Cl2N3O2/c1-30(2,3)27(22-12-9-16-25(33)20-22)31(4,5)29(38)37-32(18-11-19-35,24-14-7-6-8-15-24)39-28(36-37)23-13-10-17-26(34)21-23/h6-10,12-17,20-21,27H,11,18-19,35H2,1-5H3. The second kappa shape index (κ2) is 11.3. The van der Waals surface area contributed by atoms with E-state index in [-0.39, 0.29) is 17.2 Å². The largest absolute Gasteiger partial charge is 0.443 e. The molecule has 0 saturated heterocycles. The van der Waals surface area contributed by atoms with Crippen LogP contribution in [0.2, 0.25) is 10.0 Å². The van der Waals surface area contributed by atoms with Gasteiger partial charge >= 0.3 is 0 Å². The number of rotatable bonds is 8.